The number of amides is 4. The summed E-state index contributed by atoms with van der Waals surface area (Å²) in [5.74, 6) is -6.47. The molecule has 0 aromatic heterocycles. The van der Waals surface area contributed by atoms with E-state index < -0.39 is 75.0 Å². The third-order valence-electron chi connectivity index (χ3n) is 27.5. The van der Waals surface area contributed by atoms with Crippen molar-refractivity contribution < 1.29 is 96.2 Å². The summed E-state index contributed by atoms with van der Waals surface area (Å²) in [4.78, 5) is 160. The Balaban J connectivity index is 0.000000265. The lowest BCUT2D eigenvalue weighted by Crippen LogP contribution is -2.54. The number of allylic oxidation sites excluding steroid dienone is 2. The summed E-state index contributed by atoms with van der Waals surface area (Å²) in [6, 6.07) is 48.8. The highest BCUT2D eigenvalue weighted by atomic mass is 79.9. The largest absolute Gasteiger partial charge is 0.481 e. The molecule has 13 rings (SSSR count). The molecule has 5 unspecified atom stereocenters. The maximum atomic E-state index is 13.9. The number of fused-ring (bicyclic) bond motifs is 2. The minimum Gasteiger partial charge on any atom is -0.481 e. The zero-order valence-corrected chi connectivity index (χ0v) is 89.2. The standard InChI is InChI=1S/C29H35ClN4O3.C21H28O4.C17H22O4.C16H14ClN3O.C14H24O4.C10H16O4.C4H7Br.C2H6/c1-18(2)17-22(29(28(31)37)15-7-4-8-16-29)26(35)33-25-27(36)34(3)23-10-6-5-9-21(23)24(32-25)19-11-13-20(30)14-12-19;1-16(2)14-18(19(22)25-15-17-10-6-4-7-11-17)21(20(23)24-3)12-8-5-9-13-21;1-20-16(19)17(10-6-3-7-11-17)12-15(18)21-13-14-8-4-2-5-9-14;1-20-13-5-3-2-4-12(13)14(19-15(18)16(20)21)10-6-8-11(17)9-7-10;1-10(2)9-11(12(15)16)14(13(17)18-3)7-5-4-6-8-14;1-14-9(13)10(7-8(11)12)5-3-2-4-6-10;1-4(2)3-5;1-2/h5-6,9-14,18,22,25H,4,7-8,15-17H2,1-3H3,(H2,31,37)(H,33,35);4,6-7,10-11,18H,1,5,8-9,12-15H2,2-3H3;2,4-5,8-9H,3,6-7,10-13H2,1H3;2-9,15H,18H2,1H3;10-11H,4-9H2,1-3H3,(H,15,16);2-7H2,1H3,(H,11,12);1,3H2,2H3;1-2H3. The molecule has 5 atom stereocenters. The number of likely N-dealkylation sites (N-methyl/N-ethyl adjacent to an activating group) is 2. The summed E-state index contributed by atoms with van der Waals surface area (Å²) in [6.07, 6.45) is 20.4. The van der Waals surface area contributed by atoms with Crippen LogP contribution in [0.1, 0.15) is 281 Å². The van der Waals surface area contributed by atoms with Crippen LogP contribution < -0.4 is 26.6 Å². The van der Waals surface area contributed by atoms with E-state index in [1.165, 1.54) is 38.9 Å². The lowest BCUT2D eigenvalue weighted by Gasteiger charge is -2.41. The number of hydrogen-bond acceptors (Lipinski definition) is 21. The quantitative estimate of drug-likeness (QED) is 0.0126. The van der Waals surface area contributed by atoms with Gasteiger partial charge in [-0.3, -0.25) is 62.5 Å². The molecule has 5 saturated carbocycles. The summed E-state index contributed by atoms with van der Waals surface area (Å²) >= 11 is 15.3. The lowest BCUT2D eigenvalue weighted by atomic mass is 9.63. The molecule has 0 saturated heterocycles. The summed E-state index contributed by atoms with van der Waals surface area (Å²) in [7, 11) is 8.84. The molecule has 5 aliphatic carbocycles. The fourth-order valence-electron chi connectivity index (χ4n) is 20.1. The second-order valence-electron chi connectivity index (χ2n) is 38.8. The SMILES string of the molecule is C=C(C)CBr.C=C(C)CC(C(=O)OCc1ccccc1)C1(C(=O)OC)CCCCC1.CC.CC(C)CC(C(=O)NC1N=C(c2ccc(Cl)cc2)c2ccccc2N(C)C1=O)C1(C(N)=O)CCCCC1.CN1C(=O)C(N)N=C(c2ccc(Cl)cc2)c2ccccc21.COC(=O)C1(C(CC(C)C)C(=O)O)CCCCC1.COC(=O)C1(CC(=O)O)CCCCC1.COC(=O)C1(CC(=O)OCc2ccccc2)CCCCC1. The van der Waals surface area contributed by atoms with Crippen molar-refractivity contribution in [2.75, 3.05) is 57.7 Å². The predicted octanol–water partition coefficient (Wildman–Crippen LogP) is 22.2. The van der Waals surface area contributed by atoms with E-state index in [4.69, 9.17) is 73.2 Å². The molecule has 7 aliphatic rings. The number of alkyl halides is 1. The van der Waals surface area contributed by atoms with Gasteiger partial charge in [-0.25, -0.2) is 4.99 Å². The fraction of sp³-hybridized carbons (Fsp3) is 0.522. The van der Waals surface area contributed by atoms with E-state index in [9.17, 15) is 62.6 Å². The molecule has 30 heteroatoms. The molecule has 7 N–H and O–H groups in total. The molecule has 6 aromatic rings. The summed E-state index contributed by atoms with van der Waals surface area (Å²) in [5, 5.41) is 23.3. The second-order valence-corrected chi connectivity index (χ2v) is 40.2. The van der Waals surface area contributed by atoms with Gasteiger partial charge in [-0.05, 0) is 157 Å². The van der Waals surface area contributed by atoms with Crippen molar-refractivity contribution in [3.63, 3.8) is 0 Å². The van der Waals surface area contributed by atoms with Crippen LogP contribution in [0, 0.1) is 56.7 Å². The zero-order valence-electron chi connectivity index (χ0n) is 86.1. The number of para-hydroxylation sites is 2. The molecule has 27 nitrogen and oxygen atoms in total. The van der Waals surface area contributed by atoms with Crippen LogP contribution in [0.3, 0.4) is 0 Å². The number of rotatable bonds is 29. The lowest BCUT2D eigenvalue weighted by molar-refractivity contribution is -0.171. The summed E-state index contributed by atoms with van der Waals surface area (Å²) < 4.78 is 30.5. The van der Waals surface area contributed by atoms with E-state index >= 15 is 0 Å². The van der Waals surface area contributed by atoms with Crippen LogP contribution in [-0.4, -0.2) is 153 Å². The highest BCUT2D eigenvalue weighted by Crippen LogP contribution is 2.50. The first-order chi connectivity index (χ1) is 68.2. The van der Waals surface area contributed by atoms with Gasteiger partial charge in [-0.15, -0.1) is 6.58 Å². The van der Waals surface area contributed by atoms with Gasteiger partial charge in [-0.1, -0.05) is 316 Å². The second kappa shape index (κ2) is 59.9. The van der Waals surface area contributed by atoms with Gasteiger partial charge >= 0.3 is 47.8 Å². The molecule has 0 radical (unpaired) electrons. The number of halogens is 3. The van der Waals surface area contributed by atoms with Crippen molar-refractivity contribution in [1.29, 1.82) is 0 Å². The number of aliphatic imine (C=N–C) groups is 2. The summed E-state index contributed by atoms with van der Waals surface area (Å²) in [5.41, 5.74) is 17.9. The molecule has 0 spiro atoms. The Hall–Kier alpha value is -11.2. The number of nitrogens with one attached hydrogen (secondary N) is 1. The molecule has 2 aliphatic heterocycles. The van der Waals surface area contributed by atoms with E-state index in [0.717, 1.165) is 146 Å². The first-order valence-corrected chi connectivity index (χ1v) is 51.9. The van der Waals surface area contributed by atoms with Gasteiger partial charge in [0, 0.05) is 51.7 Å². The van der Waals surface area contributed by atoms with Crippen molar-refractivity contribution in [2.24, 2.45) is 78.1 Å². The number of carboxylic acid groups (broad SMARTS) is 2. The Kier molecular flexibility index (Phi) is 50.5. The van der Waals surface area contributed by atoms with Crippen LogP contribution in [0.2, 0.25) is 10.0 Å². The monoisotopic (exact) mass is 2080 g/mol. The molecule has 0 bridgehead atoms. The number of aliphatic carboxylic acids is 2. The topological polar surface area (TPSA) is 396 Å². The van der Waals surface area contributed by atoms with Crippen molar-refractivity contribution in [3.8, 4) is 0 Å². The minimum absolute atomic E-state index is 0.0975. The van der Waals surface area contributed by atoms with Gasteiger partial charge < -0.3 is 65.2 Å². The third kappa shape index (κ3) is 34.5. The van der Waals surface area contributed by atoms with Crippen molar-refractivity contribution in [1.82, 2.24) is 5.32 Å². The minimum atomic E-state index is -1.15. The highest BCUT2D eigenvalue weighted by Gasteiger charge is 2.54. The molecular formula is C113H152BrCl2N7O20. The fourth-order valence-corrected chi connectivity index (χ4v) is 20.4. The van der Waals surface area contributed by atoms with E-state index in [2.05, 4.69) is 39.4 Å². The Morgan fingerprint density at radius 2 is 0.818 bits per heavy atom. The Bertz CT molecular complexity index is 5230. The van der Waals surface area contributed by atoms with Gasteiger partial charge in [0.25, 0.3) is 11.8 Å². The first kappa shape index (κ1) is 120. The Morgan fingerprint density at radius 1 is 0.469 bits per heavy atom. The van der Waals surface area contributed by atoms with Crippen molar-refractivity contribution >= 4 is 133 Å². The number of carbonyl (C=O) groups excluding carboxylic acids is 10. The average molecular weight is 2080 g/mol. The number of nitrogens with zero attached hydrogens (tertiary/aromatic N) is 4. The van der Waals surface area contributed by atoms with Crippen LogP contribution in [0.25, 0.3) is 0 Å². The average Bonchev–Trinajstić information content (AvgIpc) is 1.73. The first-order valence-electron chi connectivity index (χ1n) is 50.0. The third-order valence-corrected chi connectivity index (χ3v) is 29.0. The Labute approximate surface area is 864 Å². The van der Waals surface area contributed by atoms with Gasteiger partial charge in [-0.2, -0.15) is 0 Å². The normalized spacial score (nSPS) is 18.2. The summed E-state index contributed by atoms with van der Waals surface area (Å²) in [6.45, 7) is 23.9. The number of primary amides is 1. The molecule has 780 valence electrons. The number of esters is 6. The molecule has 6 aromatic carbocycles. The molecular weight excluding hydrogens is 1930 g/mol. The molecule has 2 heterocycles. The number of nitrogens with two attached hydrogens (primary N) is 2. The molecule has 143 heavy (non-hydrogen) atoms. The predicted molar refractivity (Wildman–Crippen MR) is 564 cm³/mol. The highest BCUT2D eigenvalue weighted by molar-refractivity contribution is 9.09. The van der Waals surface area contributed by atoms with Crippen LogP contribution in [0.5, 0.6) is 0 Å². The number of benzodiazepines with no additional fused rings is 2. The van der Waals surface area contributed by atoms with Crippen LogP contribution in [0.15, 0.2) is 192 Å². The molecule has 5 fully saturated rings. The van der Waals surface area contributed by atoms with E-state index in [1.54, 1.807) is 43.3 Å². The number of carbonyl (C=O) groups is 12. The van der Waals surface area contributed by atoms with Crippen LogP contribution in [-0.2, 0) is 99.2 Å². The maximum Gasteiger partial charge on any atom is 0.312 e. The van der Waals surface area contributed by atoms with Gasteiger partial charge in [0.05, 0.1) is 109 Å². The smallest absolute Gasteiger partial charge is 0.312 e. The van der Waals surface area contributed by atoms with Gasteiger partial charge in [0.15, 0.2) is 6.17 Å². The maximum absolute atomic E-state index is 13.9. The number of carboxylic acids is 2. The number of benzene rings is 6. The zero-order chi connectivity index (χ0) is 106. The van der Waals surface area contributed by atoms with Crippen LogP contribution in [0.4, 0.5) is 11.4 Å². The Morgan fingerprint density at radius 3 is 1.19 bits per heavy atom. The van der Waals surface area contributed by atoms with Gasteiger partial charge in [0.2, 0.25) is 18.0 Å². The number of methoxy groups -OCH3 is 4. The van der Waals surface area contributed by atoms with Crippen molar-refractivity contribution in [2.45, 2.75) is 274 Å². The number of anilines is 2. The van der Waals surface area contributed by atoms with Gasteiger partial charge in [0.1, 0.15) is 13.2 Å². The van der Waals surface area contributed by atoms with E-state index in [1.807, 2.05) is 189 Å². The number of hydrogen-bond donors (Lipinski definition) is 5. The van der Waals surface area contributed by atoms with E-state index in [0.29, 0.717) is 111 Å². The molecule has 4 amide bonds. The van der Waals surface area contributed by atoms with Crippen LogP contribution >= 0.6 is 39.1 Å². The van der Waals surface area contributed by atoms with E-state index in [-0.39, 0.29) is 91.4 Å². The van der Waals surface area contributed by atoms with Crippen molar-refractivity contribution in [3.05, 3.63) is 225 Å². The number of ether oxygens (including phenoxy) is 6.